The van der Waals surface area contributed by atoms with E-state index in [-0.39, 0.29) is 10.9 Å². The number of sulfonamides is 1. The number of nitrogens with two attached hydrogens (primary N) is 1. The summed E-state index contributed by atoms with van der Waals surface area (Å²) in [5.41, 5.74) is 2.70. The lowest BCUT2D eigenvalue weighted by Gasteiger charge is -2.16. The first-order valence-corrected chi connectivity index (χ1v) is 7.78. The zero-order valence-corrected chi connectivity index (χ0v) is 12.4. The number of hydrogen-bond donors (Lipinski definition) is 3. The number of nitrogen functional groups attached to an aromatic ring is 1. The van der Waals surface area contributed by atoms with Gasteiger partial charge >= 0.3 is 0 Å². The van der Waals surface area contributed by atoms with Gasteiger partial charge in [-0.05, 0) is 31.7 Å². The molecule has 0 saturated heterocycles. The van der Waals surface area contributed by atoms with Crippen LogP contribution in [-0.4, -0.2) is 19.4 Å². The van der Waals surface area contributed by atoms with Crippen LogP contribution in [0.5, 0.6) is 0 Å². The molecule has 4 N–H and O–H groups in total. The van der Waals surface area contributed by atoms with E-state index in [9.17, 15) is 8.42 Å². The van der Waals surface area contributed by atoms with Gasteiger partial charge in [-0.1, -0.05) is 13.8 Å². The van der Waals surface area contributed by atoms with Crippen molar-refractivity contribution in [3.8, 4) is 0 Å². The maximum atomic E-state index is 12.2. The fourth-order valence-corrected chi connectivity index (χ4v) is 3.07. The molecule has 0 saturated carbocycles. The Hall–Kier alpha value is -1.18. The van der Waals surface area contributed by atoms with Crippen LogP contribution >= 0.6 is 0 Å². The molecule has 0 aliphatic rings. The predicted octanol–water partition coefficient (Wildman–Crippen LogP) is 1.47. The molecule has 6 nitrogen and oxygen atoms in total. The Balaban J connectivity index is 2.81. The second kappa shape index (κ2) is 6.83. The minimum atomic E-state index is -3.61. The molecule has 0 radical (unpaired) electrons. The van der Waals surface area contributed by atoms with E-state index in [0.717, 1.165) is 12.8 Å². The number of rotatable bonds is 7. The quantitative estimate of drug-likeness (QED) is 0.521. The number of pyridine rings is 1. The van der Waals surface area contributed by atoms with Crippen molar-refractivity contribution in [2.24, 2.45) is 11.8 Å². The first-order valence-electron chi connectivity index (χ1n) is 6.29. The standard InChI is InChI=1S/C12H22N4O2S/c1-9(2)4-5-10(3)16-19(17,18)12-8-14-7-6-11(12)15-13/h6-10,16H,4-5,13H2,1-3H3,(H,14,15). The molecule has 1 heterocycles. The zero-order valence-electron chi connectivity index (χ0n) is 11.6. The van der Waals surface area contributed by atoms with Gasteiger partial charge in [0.25, 0.3) is 0 Å². The van der Waals surface area contributed by atoms with Crippen molar-refractivity contribution in [3.63, 3.8) is 0 Å². The van der Waals surface area contributed by atoms with E-state index in [4.69, 9.17) is 5.84 Å². The van der Waals surface area contributed by atoms with Crippen LogP contribution in [0.1, 0.15) is 33.6 Å². The molecule has 0 aromatic carbocycles. The molecule has 0 spiro atoms. The third-order valence-electron chi connectivity index (χ3n) is 2.76. The van der Waals surface area contributed by atoms with Gasteiger partial charge in [-0.3, -0.25) is 10.8 Å². The summed E-state index contributed by atoms with van der Waals surface area (Å²) in [4.78, 5) is 3.89. The average Bonchev–Trinajstić information content (AvgIpc) is 2.35. The summed E-state index contributed by atoms with van der Waals surface area (Å²) in [6, 6.07) is 1.39. The highest BCUT2D eigenvalue weighted by molar-refractivity contribution is 7.89. The van der Waals surface area contributed by atoms with E-state index in [0.29, 0.717) is 11.6 Å². The highest BCUT2D eigenvalue weighted by Gasteiger charge is 2.20. The molecule has 0 aliphatic heterocycles. The van der Waals surface area contributed by atoms with Crippen LogP contribution in [0.15, 0.2) is 23.4 Å². The third-order valence-corrected chi connectivity index (χ3v) is 4.38. The molecule has 1 atom stereocenters. The van der Waals surface area contributed by atoms with E-state index >= 15 is 0 Å². The monoisotopic (exact) mass is 286 g/mol. The zero-order chi connectivity index (χ0) is 14.5. The summed E-state index contributed by atoms with van der Waals surface area (Å²) in [5, 5.41) is 0. The molecule has 108 valence electrons. The normalized spacial score (nSPS) is 13.5. The lowest BCUT2D eigenvalue weighted by atomic mass is 10.1. The summed E-state index contributed by atoms with van der Waals surface area (Å²) in [6.07, 6.45) is 4.53. The Morgan fingerprint density at radius 1 is 1.32 bits per heavy atom. The van der Waals surface area contributed by atoms with Crippen molar-refractivity contribution < 1.29 is 8.42 Å². The SMILES string of the molecule is CC(C)CCC(C)NS(=O)(=O)c1cnccc1NN. The molecule has 0 fully saturated rings. The molecule has 0 bridgehead atoms. The number of hydrazine groups is 1. The Bertz CT molecular complexity index is 502. The van der Waals surface area contributed by atoms with Crippen molar-refractivity contribution in [2.75, 3.05) is 5.43 Å². The number of hydrogen-bond acceptors (Lipinski definition) is 5. The van der Waals surface area contributed by atoms with Crippen LogP contribution in [0.2, 0.25) is 0 Å². The molecular formula is C12H22N4O2S. The lowest BCUT2D eigenvalue weighted by molar-refractivity contribution is 0.485. The molecule has 1 aromatic heterocycles. The van der Waals surface area contributed by atoms with Crippen molar-refractivity contribution in [1.82, 2.24) is 9.71 Å². The number of anilines is 1. The van der Waals surface area contributed by atoms with Crippen LogP contribution in [-0.2, 0) is 10.0 Å². The van der Waals surface area contributed by atoms with Gasteiger partial charge in [0.05, 0.1) is 5.69 Å². The van der Waals surface area contributed by atoms with Gasteiger partial charge in [0, 0.05) is 18.4 Å². The summed E-state index contributed by atoms with van der Waals surface area (Å²) in [6.45, 7) is 6.07. The number of nitrogens with zero attached hydrogens (tertiary/aromatic N) is 1. The number of nitrogens with one attached hydrogen (secondary N) is 2. The molecule has 1 unspecified atom stereocenters. The highest BCUT2D eigenvalue weighted by atomic mass is 32.2. The Morgan fingerprint density at radius 3 is 2.58 bits per heavy atom. The van der Waals surface area contributed by atoms with E-state index < -0.39 is 10.0 Å². The Labute approximate surface area is 114 Å². The fraction of sp³-hybridized carbons (Fsp3) is 0.583. The van der Waals surface area contributed by atoms with Crippen molar-refractivity contribution >= 4 is 15.7 Å². The predicted molar refractivity (Wildman–Crippen MR) is 75.9 cm³/mol. The van der Waals surface area contributed by atoms with Crippen molar-refractivity contribution in [2.45, 2.75) is 44.6 Å². The summed E-state index contributed by atoms with van der Waals surface area (Å²) >= 11 is 0. The van der Waals surface area contributed by atoms with Crippen molar-refractivity contribution in [3.05, 3.63) is 18.5 Å². The van der Waals surface area contributed by atoms with Gasteiger partial charge in [0.1, 0.15) is 4.90 Å². The Morgan fingerprint density at radius 2 is 2.00 bits per heavy atom. The number of aromatic nitrogens is 1. The second-order valence-electron chi connectivity index (χ2n) is 5.01. The molecule has 0 amide bonds. The molecular weight excluding hydrogens is 264 g/mol. The van der Waals surface area contributed by atoms with Crippen LogP contribution in [0.3, 0.4) is 0 Å². The van der Waals surface area contributed by atoms with Crippen molar-refractivity contribution in [1.29, 1.82) is 0 Å². The molecule has 19 heavy (non-hydrogen) atoms. The van der Waals surface area contributed by atoms with E-state index in [1.807, 2.05) is 6.92 Å². The third kappa shape index (κ3) is 4.77. The van der Waals surface area contributed by atoms with Gasteiger partial charge < -0.3 is 5.43 Å². The van der Waals surface area contributed by atoms with Gasteiger partial charge in [-0.2, -0.15) is 0 Å². The van der Waals surface area contributed by atoms with Gasteiger partial charge in [0.2, 0.25) is 10.0 Å². The average molecular weight is 286 g/mol. The largest absolute Gasteiger partial charge is 0.323 e. The van der Waals surface area contributed by atoms with E-state index in [1.54, 1.807) is 0 Å². The fourth-order valence-electron chi connectivity index (χ4n) is 1.68. The van der Waals surface area contributed by atoms with E-state index in [2.05, 4.69) is 29.0 Å². The minimum Gasteiger partial charge on any atom is -0.323 e. The Kier molecular flexibility index (Phi) is 5.71. The summed E-state index contributed by atoms with van der Waals surface area (Å²) in [7, 11) is -3.61. The van der Waals surface area contributed by atoms with Crippen LogP contribution in [0, 0.1) is 5.92 Å². The van der Waals surface area contributed by atoms with Crippen LogP contribution in [0.25, 0.3) is 0 Å². The first-order chi connectivity index (χ1) is 8.86. The van der Waals surface area contributed by atoms with Crippen LogP contribution in [0.4, 0.5) is 5.69 Å². The van der Waals surface area contributed by atoms with Gasteiger partial charge in [0.15, 0.2) is 0 Å². The maximum absolute atomic E-state index is 12.2. The smallest absolute Gasteiger partial charge is 0.244 e. The summed E-state index contributed by atoms with van der Waals surface area (Å²) in [5.74, 6) is 5.85. The highest BCUT2D eigenvalue weighted by Crippen LogP contribution is 2.19. The van der Waals surface area contributed by atoms with Crippen LogP contribution < -0.4 is 16.0 Å². The van der Waals surface area contributed by atoms with E-state index in [1.165, 1.54) is 18.5 Å². The first kappa shape index (κ1) is 15.9. The van der Waals surface area contributed by atoms with Gasteiger partial charge in [-0.15, -0.1) is 0 Å². The maximum Gasteiger partial charge on any atom is 0.244 e. The minimum absolute atomic E-state index is 0.0638. The molecule has 0 aliphatic carbocycles. The lowest BCUT2D eigenvalue weighted by Crippen LogP contribution is -2.33. The molecule has 1 rings (SSSR count). The van der Waals surface area contributed by atoms with Gasteiger partial charge in [-0.25, -0.2) is 13.1 Å². The topological polar surface area (TPSA) is 97.1 Å². The summed E-state index contributed by atoms with van der Waals surface area (Å²) < 4.78 is 27.1. The molecule has 7 heteroatoms. The molecule has 1 aromatic rings. The second-order valence-corrected chi connectivity index (χ2v) is 6.69.